The number of H-pyrrole nitrogens is 1. The summed E-state index contributed by atoms with van der Waals surface area (Å²) in [5.74, 6) is 0. The molecule has 0 unspecified atom stereocenters. The summed E-state index contributed by atoms with van der Waals surface area (Å²) in [6, 6.07) is 17.1. The molecule has 1 heterocycles. The van der Waals surface area contributed by atoms with E-state index >= 15 is 0 Å². The summed E-state index contributed by atoms with van der Waals surface area (Å²) in [5.41, 5.74) is 3.68. The number of nitriles is 1. The van der Waals surface area contributed by atoms with E-state index in [0.29, 0.717) is 11.3 Å². The van der Waals surface area contributed by atoms with Crippen LogP contribution < -0.4 is 5.32 Å². The lowest BCUT2D eigenvalue weighted by molar-refractivity contribution is 0.0636. The summed E-state index contributed by atoms with van der Waals surface area (Å²) in [7, 11) is 0. The van der Waals surface area contributed by atoms with Crippen LogP contribution in [0, 0.1) is 11.3 Å². The van der Waals surface area contributed by atoms with Crippen molar-refractivity contribution in [2.75, 3.05) is 5.32 Å². The first-order valence-electron chi connectivity index (χ1n) is 7.97. The molecule has 5 heteroatoms. The highest BCUT2D eigenvalue weighted by atomic mass is 16.6. The largest absolute Gasteiger partial charge is 0.444 e. The van der Waals surface area contributed by atoms with Gasteiger partial charge in [-0.15, -0.1) is 0 Å². The van der Waals surface area contributed by atoms with Crippen LogP contribution in [0.2, 0.25) is 0 Å². The van der Waals surface area contributed by atoms with Gasteiger partial charge in [0.1, 0.15) is 5.60 Å². The van der Waals surface area contributed by atoms with Crippen molar-refractivity contribution in [2.45, 2.75) is 26.4 Å². The fraction of sp³-hybridized carbons (Fsp3) is 0.200. The van der Waals surface area contributed by atoms with E-state index in [1.165, 1.54) is 0 Å². The Hall–Kier alpha value is -3.26. The number of amides is 1. The van der Waals surface area contributed by atoms with E-state index in [1.807, 2.05) is 57.2 Å². The molecule has 126 valence electrons. The Morgan fingerprint density at radius 2 is 1.84 bits per heavy atom. The Bertz CT molecular complexity index is 957. The highest BCUT2D eigenvalue weighted by molar-refractivity contribution is 5.92. The topological polar surface area (TPSA) is 77.9 Å². The molecule has 0 atom stereocenters. The van der Waals surface area contributed by atoms with E-state index in [4.69, 9.17) is 10.00 Å². The number of carbonyl (C=O) groups is 1. The van der Waals surface area contributed by atoms with Gasteiger partial charge in [0.25, 0.3) is 0 Å². The van der Waals surface area contributed by atoms with Crippen LogP contribution in [0.5, 0.6) is 0 Å². The molecule has 0 spiro atoms. The van der Waals surface area contributed by atoms with Gasteiger partial charge in [0.2, 0.25) is 0 Å². The molecule has 1 amide bonds. The second-order valence-corrected chi connectivity index (χ2v) is 6.80. The van der Waals surface area contributed by atoms with E-state index in [9.17, 15) is 4.79 Å². The van der Waals surface area contributed by atoms with E-state index in [0.717, 1.165) is 22.2 Å². The van der Waals surface area contributed by atoms with E-state index < -0.39 is 11.7 Å². The zero-order valence-electron chi connectivity index (χ0n) is 14.4. The number of carbonyl (C=O) groups excluding carboxylic acids is 1. The summed E-state index contributed by atoms with van der Waals surface area (Å²) in [4.78, 5) is 15.2. The predicted molar refractivity (Wildman–Crippen MR) is 98.3 cm³/mol. The fourth-order valence-corrected chi connectivity index (χ4v) is 2.51. The average molecular weight is 333 g/mol. The molecule has 2 aromatic carbocycles. The highest BCUT2D eigenvalue weighted by Crippen LogP contribution is 2.26. The molecule has 2 N–H and O–H groups in total. The summed E-state index contributed by atoms with van der Waals surface area (Å²) in [5, 5.41) is 12.6. The first-order valence-corrected chi connectivity index (χ1v) is 7.97. The molecular formula is C20H19N3O2. The lowest BCUT2D eigenvalue weighted by Crippen LogP contribution is -2.27. The summed E-state index contributed by atoms with van der Waals surface area (Å²) in [6.45, 7) is 5.48. The van der Waals surface area contributed by atoms with Crippen molar-refractivity contribution in [3.63, 3.8) is 0 Å². The number of nitrogens with one attached hydrogen (secondary N) is 2. The molecule has 5 nitrogen and oxygen atoms in total. The van der Waals surface area contributed by atoms with Crippen LogP contribution in [-0.2, 0) is 4.74 Å². The van der Waals surface area contributed by atoms with Crippen molar-refractivity contribution in [3.05, 3.63) is 54.1 Å². The normalized spacial score (nSPS) is 11.1. The van der Waals surface area contributed by atoms with Crippen LogP contribution in [0.4, 0.5) is 10.5 Å². The van der Waals surface area contributed by atoms with Crippen molar-refractivity contribution in [3.8, 4) is 17.3 Å². The Balaban J connectivity index is 1.84. The van der Waals surface area contributed by atoms with Crippen molar-refractivity contribution in [1.29, 1.82) is 5.26 Å². The smallest absolute Gasteiger partial charge is 0.412 e. The molecule has 0 radical (unpaired) electrons. The van der Waals surface area contributed by atoms with Gasteiger partial charge in [-0.2, -0.15) is 5.26 Å². The number of rotatable bonds is 2. The lowest BCUT2D eigenvalue weighted by atomic mass is 10.1. The average Bonchev–Trinajstić information content (AvgIpc) is 2.96. The van der Waals surface area contributed by atoms with Crippen molar-refractivity contribution < 1.29 is 9.53 Å². The number of aromatic nitrogens is 1. The number of hydrogen-bond donors (Lipinski definition) is 2. The van der Waals surface area contributed by atoms with Crippen LogP contribution in [-0.4, -0.2) is 16.7 Å². The van der Waals surface area contributed by atoms with Crippen LogP contribution in [0.1, 0.15) is 26.3 Å². The third-order valence-corrected chi connectivity index (χ3v) is 3.59. The number of hydrogen-bond acceptors (Lipinski definition) is 3. The quantitative estimate of drug-likeness (QED) is 0.688. The standard InChI is InChI=1S/C20H19N3O2/c1-20(2,3)25-19(24)22-16-8-9-17-15(10-16)11-18(23-17)14-6-4-13(12-21)5-7-14/h4-11,23H,1-3H3,(H,22,24). The molecule has 0 fully saturated rings. The number of nitrogens with zero attached hydrogens (tertiary/aromatic N) is 1. The van der Waals surface area contributed by atoms with Crippen LogP contribution in [0.3, 0.4) is 0 Å². The molecular weight excluding hydrogens is 314 g/mol. The maximum absolute atomic E-state index is 11.9. The Morgan fingerprint density at radius 3 is 2.48 bits per heavy atom. The number of anilines is 1. The number of fused-ring (bicyclic) bond motifs is 1. The zero-order valence-corrected chi connectivity index (χ0v) is 14.4. The Labute approximate surface area is 146 Å². The first-order chi connectivity index (χ1) is 11.8. The van der Waals surface area contributed by atoms with Gasteiger partial charge in [0, 0.05) is 22.3 Å². The molecule has 0 saturated carbocycles. The molecule has 0 bridgehead atoms. The lowest BCUT2D eigenvalue weighted by Gasteiger charge is -2.19. The minimum atomic E-state index is -0.537. The van der Waals surface area contributed by atoms with Gasteiger partial charge >= 0.3 is 6.09 Å². The van der Waals surface area contributed by atoms with Gasteiger partial charge in [0.05, 0.1) is 11.6 Å². The summed E-state index contributed by atoms with van der Waals surface area (Å²) in [6.07, 6.45) is -0.477. The number of ether oxygens (including phenoxy) is 1. The third kappa shape index (κ3) is 3.99. The number of aromatic amines is 1. The Kier molecular flexibility index (Phi) is 4.20. The fourth-order valence-electron chi connectivity index (χ4n) is 2.51. The second-order valence-electron chi connectivity index (χ2n) is 6.80. The van der Waals surface area contributed by atoms with Gasteiger partial charge in [-0.25, -0.2) is 4.79 Å². The molecule has 0 saturated heterocycles. The Morgan fingerprint density at radius 1 is 1.12 bits per heavy atom. The van der Waals surface area contributed by atoms with Gasteiger partial charge in [0.15, 0.2) is 0 Å². The van der Waals surface area contributed by atoms with Gasteiger partial charge in [-0.05, 0) is 62.7 Å². The molecule has 3 rings (SSSR count). The zero-order chi connectivity index (χ0) is 18.0. The summed E-state index contributed by atoms with van der Waals surface area (Å²) >= 11 is 0. The van der Waals surface area contributed by atoms with Crippen LogP contribution >= 0.6 is 0 Å². The minimum Gasteiger partial charge on any atom is -0.444 e. The van der Waals surface area contributed by atoms with Crippen molar-refractivity contribution in [1.82, 2.24) is 4.98 Å². The molecule has 0 aliphatic heterocycles. The molecule has 25 heavy (non-hydrogen) atoms. The highest BCUT2D eigenvalue weighted by Gasteiger charge is 2.16. The SMILES string of the molecule is CC(C)(C)OC(=O)Nc1ccc2[nH]c(-c3ccc(C#N)cc3)cc2c1. The minimum absolute atomic E-state index is 0.477. The molecule has 1 aromatic heterocycles. The molecule has 0 aliphatic rings. The summed E-state index contributed by atoms with van der Waals surface area (Å²) < 4.78 is 5.27. The van der Waals surface area contributed by atoms with Gasteiger partial charge in [-0.3, -0.25) is 5.32 Å². The van der Waals surface area contributed by atoms with Crippen molar-refractivity contribution in [2.24, 2.45) is 0 Å². The molecule has 0 aliphatic carbocycles. The maximum atomic E-state index is 11.9. The van der Waals surface area contributed by atoms with E-state index in [-0.39, 0.29) is 0 Å². The third-order valence-electron chi connectivity index (χ3n) is 3.59. The van der Waals surface area contributed by atoms with E-state index in [2.05, 4.69) is 16.4 Å². The predicted octanol–water partition coefficient (Wildman–Crippen LogP) is 5.05. The molecule has 3 aromatic rings. The number of benzene rings is 2. The maximum Gasteiger partial charge on any atom is 0.412 e. The van der Waals surface area contributed by atoms with Gasteiger partial charge < -0.3 is 9.72 Å². The van der Waals surface area contributed by atoms with Crippen molar-refractivity contribution >= 4 is 22.7 Å². The van der Waals surface area contributed by atoms with Crippen LogP contribution in [0.15, 0.2) is 48.5 Å². The van der Waals surface area contributed by atoms with Crippen LogP contribution in [0.25, 0.3) is 22.2 Å². The first kappa shape index (κ1) is 16.6. The second kappa shape index (κ2) is 6.33. The van der Waals surface area contributed by atoms with E-state index in [1.54, 1.807) is 12.1 Å². The monoisotopic (exact) mass is 333 g/mol. The van der Waals surface area contributed by atoms with Gasteiger partial charge in [-0.1, -0.05) is 12.1 Å².